The topological polar surface area (TPSA) is 39.7 Å². The Morgan fingerprint density at radius 3 is 2.37 bits per heavy atom. The van der Waals surface area contributed by atoms with Gasteiger partial charge in [-0.15, -0.1) is 13.2 Å². The summed E-state index contributed by atoms with van der Waals surface area (Å²) in [5.41, 5.74) is 4.66. The smallest absolute Gasteiger partial charge is 0.311 e. The third-order valence-corrected chi connectivity index (χ3v) is 5.76. The van der Waals surface area contributed by atoms with Crippen LogP contribution in [0.15, 0.2) is 24.3 Å². The van der Waals surface area contributed by atoms with Crippen molar-refractivity contribution in [2.75, 3.05) is 31.3 Å². The first-order chi connectivity index (χ1) is 12.9. The predicted molar refractivity (Wildman–Crippen MR) is 115 cm³/mol. The summed E-state index contributed by atoms with van der Waals surface area (Å²) in [7, 11) is 0. The van der Waals surface area contributed by atoms with E-state index >= 15 is 0 Å². The number of carbonyl (C=O) groups is 1. The maximum absolute atomic E-state index is 13.2. The van der Waals surface area contributed by atoms with Crippen LogP contribution < -0.4 is 4.90 Å². The van der Waals surface area contributed by atoms with Crippen molar-refractivity contribution in [1.82, 2.24) is 14.2 Å². The van der Waals surface area contributed by atoms with E-state index in [1.807, 2.05) is 16.7 Å². The van der Waals surface area contributed by atoms with E-state index in [4.69, 9.17) is 0 Å². The van der Waals surface area contributed by atoms with Crippen molar-refractivity contribution in [3.05, 3.63) is 35.6 Å². The van der Waals surface area contributed by atoms with Gasteiger partial charge in [-0.2, -0.15) is 4.37 Å². The normalized spacial score (nSPS) is 15.5. The zero-order chi connectivity index (χ0) is 20.0. The Bertz CT molecular complexity index is 682. The minimum atomic E-state index is 0.0872. The first kappa shape index (κ1) is 21.6. The van der Waals surface area contributed by atoms with Gasteiger partial charge in [0.1, 0.15) is 5.00 Å². The summed E-state index contributed by atoms with van der Waals surface area (Å²) in [6.07, 6.45) is 4.72. The van der Waals surface area contributed by atoms with Crippen LogP contribution in [0.4, 0.5) is 9.80 Å². The molecule has 0 saturated carbocycles. The van der Waals surface area contributed by atoms with Gasteiger partial charge in [0.25, 0.3) is 0 Å². The highest BCUT2D eigenvalue weighted by Crippen LogP contribution is 2.32. The fraction of sp³-hybridized carbons (Fsp3) is 0.619. The maximum atomic E-state index is 13.2. The number of hydrogen-bond donors (Lipinski definition) is 0. The van der Waals surface area contributed by atoms with Gasteiger partial charge in [-0.3, -0.25) is 9.80 Å². The molecule has 1 aromatic heterocycles. The lowest BCUT2D eigenvalue weighted by atomic mass is 10.1. The summed E-state index contributed by atoms with van der Waals surface area (Å²) in [5, 5.41) is 1.02. The van der Waals surface area contributed by atoms with Gasteiger partial charge >= 0.3 is 6.03 Å². The molecule has 0 aliphatic carbocycles. The summed E-state index contributed by atoms with van der Waals surface area (Å²) >= 11 is 1.47. The Labute approximate surface area is 168 Å². The van der Waals surface area contributed by atoms with Gasteiger partial charge in [0.15, 0.2) is 0 Å². The summed E-state index contributed by atoms with van der Waals surface area (Å²) in [4.78, 5) is 19.4. The molecular formula is C21H34N4OS. The number of anilines is 1. The minimum absolute atomic E-state index is 0.0872. The largest absolute Gasteiger partial charge is 0.327 e. The third-order valence-electron chi connectivity index (χ3n) is 4.81. The molecule has 2 heterocycles. The molecule has 0 radical (unpaired) electrons. The quantitative estimate of drug-likeness (QED) is 0.525. The van der Waals surface area contributed by atoms with Gasteiger partial charge in [0.05, 0.1) is 19.0 Å². The molecule has 1 saturated heterocycles. The second-order valence-corrected chi connectivity index (χ2v) is 8.33. The average molecular weight is 391 g/mol. The zero-order valence-electron chi connectivity index (χ0n) is 17.4. The van der Waals surface area contributed by atoms with Crippen molar-refractivity contribution in [2.24, 2.45) is 0 Å². The van der Waals surface area contributed by atoms with Gasteiger partial charge in [-0.05, 0) is 51.1 Å². The molecular weight excluding hydrogens is 356 g/mol. The molecule has 1 fully saturated rings. The van der Waals surface area contributed by atoms with Gasteiger partial charge < -0.3 is 4.90 Å². The van der Waals surface area contributed by atoms with E-state index in [9.17, 15) is 4.79 Å². The Balaban J connectivity index is 2.27. The number of aromatic nitrogens is 1. The highest BCUT2D eigenvalue weighted by atomic mass is 32.1. The van der Waals surface area contributed by atoms with E-state index in [2.05, 4.69) is 43.2 Å². The van der Waals surface area contributed by atoms with Crippen LogP contribution >= 0.6 is 11.5 Å². The molecule has 27 heavy (non-hydrogen) atoms. The number of aryl methyl sites for hydroxylation is 1. The summed E-state index contributed by atoms with van der Waals surface area (Å²) in [5.74, 6) is 0. The van der Waals surface area contributed by atoms with Crippen molar-refractivity contribution in [2.45, 2.75) is 59.8 Å². The second-order valence-electron chi connectivity index (χ2n) is 7.58. The lowest BCUT2D eigenvalue weighted by Crippen LogP contribution is -2.58. The van der Waals surface area contributed by atoms with Gasteiger partial charge in [-0.25, -0.2) is 4.79 Å². The number of urea groups is 1. The fourth-order valence-corrected chi connectivity index (χ4v) is 4.25. The van der Waals surface area contributed by atoms with E-state index in [1.54, 1.807) is 0 Å². The van der Waals surface area contributed by atoms with Gasteiger partial charge in [0, 0.05) is 18.7 Å². The van der Waals surface area contributed by atoms with E-state index in [-0.39, 0.29) is 6.03 Å². The Hall–Kier alpha value is -1.66. The Morgan fingerprint density at radius 1 is 1.11 bits per heavy atom. The molecule has 2 amide bonds. The number of hydrogen-bond acceptors (Lipinski definition) is 4. The maximum Gasteiger partial charge on any atom is 0.327 e. The summed E-state index contributed by atoms with van der Waals surface area (Å²) in [6, 6.07) is 0.0872. The standard InChI is InChI=1S/C21H34N4OS/c1-7-9-19-18(8-2)20(27-22-19)25-15-23(12-10-16(3)4)14-24(21(25)26)13-11-17(5)6/h3,5,7-15H2,1-2,4,6H3. The predicted octanol–water partition coefficient (Wildman–Crippen LogP) is 5.05. The molecule has 1 aliphatic rings. The minimum Gasteiger partial charge on any atom is -0.311 e. The first-order valence-corrected chi connectivity index (χ1v) is 10.7. The molecule has 1 aromatic rings. The van der Waals surface area contributed by atoms with Gasteiger partial charge in [0.2, 0.25) is 0 Å². The van der Waals surface area contributed by atoms with Crippen LogP contribution in [0, 0.1) is 0 Å². The average Bonchev–Trinajstić information content (AvgIpc) is 3.02. The Morgan fingerprint density at radius 2 is 1.78 bits per heavy atom. The summed E-state index contributed by atoms with van der Waals surface area (Å²) < 4.78 is 4.67. The highest BCUT2D eigenvalue weighted by molar-refractivity contribution is 7.10. The molecule has 2 rings (SSSR count). The van der Waals surface area contributed by atoms with Crippen molar-refractivity contribution < 1.29 is 4.79 Å². The van der Waals surface area contributed by atoms with E-state index in [1.165, 1.54) is 22.7 Å². The van der Waals surface area contributed by atoms with Crippen LogP contribution in [0.1, 0.15) is 58.2 Å². The molecule has 0 N–H and O–H groups in total. The first-order valence-electron chi connectivity index (χ1n) is 9.92. The number of amides is 2. The lowest BCUT2D eigenvalue weighted by molar-refractivity contribution is 0.117. The van der Waals surface area contributed by atoms with E-state index < -0.39 is 0 Å². The Kier molecular flexibility index (Phi) is 8.05. The van der Waals surface area contributed by atoms with Crippen molar-refractivity contribution in [1.29, 1.82) is 0 Å². The van der Waals surface area contributed by atoms with E-state index in [0.717, 1.165) is 54.9 Å². The summed E-state index contributed by atoms with van der Waals surface area (Å²) in [6.45, 7) is 19.3. The van der Waals surface area contributed by atoms with Crippen LogP contribution in [0.25, 0.3) is 0 Å². The monoisotopic (exact) mass is 390 g/mol. The van der Waals surface area contributed by atoms with Crippen LogP contribution in [-0.2, 0) is 12.8 Å². The zero-order valence-corrected chi connectivity index (χ0v) is 18.2. The molecule has 0 atom stereocenters. The molecule has 0 unspecified atom stereocenters. The number of nitrogens with zero attached hydrogens (tertiary/aromatic N) is 4. The SMILES string of the molecule is C=C(C)CCN1CN(CCC(=C)C)C(=O)N(c2snc(CCC)c2CC)C1. The third kappa shape index (κ3) is 5.66. The van der Waals surface area contributed by atoms with Crippen molar-refractivity contribution >= 4 is 22.6 Å². The van der Waals surface area contributed by atoms with Gasteiger partial charge in [-0.1, -0.05) is 31.4 Å². The van der Waals surface area contributed by atoms with E-state index in [0.29, 0.717) is 19.9 Å². The fourth-order valence-electron chi connectivity index (χ4n) is 3.24. The number of carbonyl (C=O) groups excluding carboxylic acids is 1. The molecule has 150 valence electrons. The van der Waals surface area contributed by atoms with Crippen molar-refractivity contribution in [3.63, 3.8) is 0 Å². The van der Waals surface area contributed by atoms with Crippen LogP contribution in [0.3, 0.4) is 0 Å². The molecule has 1 aliphatic heterocycles. The molecule has 5 nitrogen and oxygen atoms in total. The molecule has 0 bridgehead atoms. The second kappa shape index (κ2) is 10.0. The molecule has 6 heteroatoms. The van der Waals surface area contributed by atoms with Crippen LogP contribution in [0.2, 0.25) is 0 Å². The lowest BCUT2D eigenvalue weighted by Gasteiger charge is -2.42. The molecule has 0 spiro atoms. The number of rotatable bonds is 10. The van der Waals surface area contributed by atoms with Crippen LogP contribution in [0.5, 0.6) is 0 Å². The highest BCUT2D eigenvalue weighted by Gasteiger charge is 2.33. The van der Waals surface area contributed by atoms with Crippen LogP contribution in [-0.4, -0.2) is 46.6 Å². The van der Waals surface area contributed by atoms with Crippen molar-refractivity contribution in [3.8, 4) is 0 Å². The molecule has 0 aromatic carbocycles.